The van der Waals surface area contributed by atoms with Crippen molar-refractivity contribution in [2.45, 2.75) is 0 Å². The minimum atomic E-state index is 0.0541. The second-order valence-corrected chi connectivity index (χ2v) is 5.94. The summed E-state index contributed by atoms with van der Waals surface area (Å²) in [4.78, 5) is 16.4. The summed E-state index contributed by atoms with van der Waals surface area (Å²) in [7, 11) is 7.76. The topological polar surface area (TPSA) is 35.6 Å². The van der Waals surface area contributed by atoms with Crippen molar-refractivity contribution in [2.75, 3.05) is 46.6 Å². The molecular weight excluding hydrogens is 286 g/mol. The fraction of sp³-hybridized carbons (Fsp3) is 0.316. The maximum Gasteiger partial charge on any atom is 0.253 e. The molecule has 0 radical (unpaired) electrons. The molecule has 4 heteroatoms. The number of carbonyl (C=O) groups excluding carboxylic acids is 1. The summed E-state index contributed by atoms with van der Waals surface area (Å²) in [5.41, 5.74) is 3.93. The molecule has 4 nitrogen and oxygen atoms in total. The zero-order valence-corrected chi connectivity index (χ0v) is 14.3. The molecule has 0 atom stereocenters. The molecule has 23 heavy (non-hydrogen) atoms. The van der Waals surface area contributed by atoms with E-state index in [4.69, 9.17) is 0 Å². The molecule has 1 amide bonds. The summed E-state index contributed by atoms with van der Waals surface area (Å²) in [6.07, 6.45) is 0. The van der Waals surface area contributed by atoms with E-state index in [0.29, 0.717) is 6.54 Å². The van der Waals surface area contributed by atoms with Gasteiger partial charge in [-0.25, -0.2) is 0 Å². The van der Waals surface area contributed by atoms with Gasteiger partial charge in [0.05, 0.1) is 0 Å². The number of benzene rings is 2. The van der Waals surface area contributed by atoms with Gasteiger partial charge in [0.1, 0.15) is 0 Å². The Morgan fingerprint density at radius 2 is 1.61 bits per heavy atom. The van der Waals surface area contributed by atoms with Crippen LogP contribution in [0.3, 0.4) is 0 Å². The molecule has 0 unspecified atom stereocenters. The van der Waals surface area contributed by atoms with Crippen molar-refractivity contribution in [1.29, 1.82) is 0 Å². The van der Waals surface area contributed by atoms with E-state index >= 15 is 0 Å². The van der Waals surface area contributed by atoms with Gasteiger partial charge in [-0.15, -0.1) is 0 Å². The number of rotatable bonds is 6. The average molecular weight is 311 g/mol. The molecule has 0 aliphatic carbocycles. The SMILES string of the molecule is CNc1cccc(-c2cccc(C(=O)N(C)CCN(C)C)c2)c1. The summed E-state index contributed by atoms with van der Waals surface area (Å²) in [6.45, 7) is 1.57. The standard InChI is InChI=1S/C19H25N3O/c1-20-18-10-6-8-16(14-18)15-7-5-9-17(13-15)19(23)22(4)12-11-21(2)3/h5-10,13-14,20H,11-12H2,1-4H3. The van der Waals surface area contributed by atoms with E-state index in [0.717, 1.165) is 28.9 Å². The summed E-state index contributed by atoms with van der Waals surface area (Å²) < 4.78 is 0. The van der Waals surface area contributed by atoms with Crippen LogP contribution in [0.2, 0.25) is 0 Å². The number of anilines is 1. The van der Waals surface area contributed by atoms with Crippen molar-refractivity contribution in [1.82, 2.24) is 9.80 Å². The van der Waals surface area contributed by atoms with E-state index in [9.17, 15) is 4.79 Å². The Morgan fingerprint density at radius 1 is 0.957 bits per heavy atom. The molecule has 0 saturated carbocycles. The van der Waals surface area contributed by atoms with Crippen molar-refractivity contribution in [3.8, 4) is 11.1 Å². The van der Waals surface area contributed by atoms with Gasteiger partial charge in [0.2, 0.25) is 0 Å². The van der Waals surface area contributed by atoms with Gasteiger partial charge < -0.3 is 15.1 Å². The quantitative estimate of drug-likeness (QED) is 0.891. The first-order chi connectivity index (χ1) is 11.0. The van der Waals surface area contributed by atoms with Crippen LogP contribution in [0.5, 0.6) is 0 Å². The van der Waals surface area contributed by atoms with Gasteiger partial charge >= 0.3 is 0 Å². The van der Waals surface area contributed by atoms with Crippen LogP contribution in [0.4, 0.5) is 5.69 Å². The lowest BCUT2D eigenvalue weighted by molar-refractivity contribution is 0.0786. The van der Waals surface area contributed by atoms with Crippen LogP contribution in [0.1, 0.15) is 10.4 Å². The molecule has 0 heterocycles. The van der Waals surface area contributed by atoms with Gasteiger partial charge in [0, 0.05) is 38.4 Å². The van der Waals surface area contributed by atoms with Crippen molar-refractivity contribution in [3.05, 3.63) is 54.1 Å². The maximum atomic E-state index is 12.6. The molecule has 0 saturated heterocycles. The zero-order chi connectivity index (χ0) is 16.8. The molecule has 0 bridgehead atoms. The van der Waals surface area contributed by atoms with Crippen LogP contribution in [-0.2, 0) is 0 Å². The van der Waals surface area contributed by atoms with Gasteiger partial charge in [-0.3, -0.25) is 4.79 Å². The number of hydrogen-bond donors (Lipinski definition) is 1. The first-order valence-electron chi connectivity index (χ1n) is 7.79. The van der Waals surface area contributed by atoms with Crippen molar-refractivity contribution in [2.24, 2.45) is 0 Å². The number of amides is 1. The predicted molar refractivity (Wildman–Crippen MR) is 96.9 cm³/mol. The summed E-state index contributed by atoms with van der Waals surface area (Å²) in [5, 5.41) is 3.14. The highest BCUT2D eigenvalue weighted by Crippen LogP contribution is 2.23. The van der Waals surface area contributed by atoms with Gasteiger partial charge in [0.25, 0.3) is 5.91 Å². The Bertz CT molecular complexity index is 667. The summed E-state index contributed by atoms with van der Waals surface area (Å²) in [5.74, 6) is 0.0541. The minimum Gasteiger partial charge on any atom is -0.388 e. The third-order valence-electron chi connectivity index (χ3n) is 3.82. The van der Waals surface area contributed by atoms with Crippen molar-refractivity contribution < 1.29 is 4.79 Å². The normalized spacial score (nSPS) is 10.7. The van der Waals surface area contributed by atoms with E-state index in [1.165, 1.54) is 0 Å². The van der Waals surface area contributed by atoms with Crippen molar-refractivity contribution in [3.63, 3.8) is 0 Å². The lowest BCUT2D eigenvalue weighted by atomic mass is 10.0. The van der Waals surface area contributed by atoms with Crippen LogP contribution in [0, 0.1) is 0 Å². The van der Waals surface area contributed by atoms with Crippen LogP contribution >= 0.6 is 0 Å². The fourth-order valence-electron chi connectivity index (χ4n) is 2.36. The highest BCUT2D eigenvalue weighted by molar-refractivity contribution is 5.95. The van der Waals surface area contributed by atoms with Gasteiger partial charge in [-0.1, -0.05) is 24.3 Å². The first kappa shape index (κ1) is 17.0. The van der Waals surface area contributed by atoms with Crippen LogP contribution < -0.4 is 5.32 Å². The molecule has 0 fully saturated rings. The Kier molecular flexibility index (Phi) is 5.77. The third kappa shape index (κ3) is 4.57. The average Bonchev–Trinajstić information content (AvgIpc) is 2.59. The lowest BCUT2D eigenvalue weighted by Gasteiger charge is -2.20. The molecule has 122 valence electrons. The Balaban J connectivity index is 2.20. The largest absolute Gasteiger partial charge is 0.388 e. The molecular formula is C19H25N3O. The number of nitrogens with zero attached hydrogens (tertiary/aromatic N) is 2. The van der Waals surface area contributed by atoms with Gasteiger partial charge in [-0.2, -0.15) is 0 Å². The van der Waals surface area contributed by atoms with Crippen molar-refractivity contribution >= 4 is 11.6 Å². The number of hydrogen-bond acceptors (Lipinski definition) is 3. The molecule has 0 aliphatic rings. The number of nitrogens with one attached hydrogen (secondary N) is 1. The number of carbonyl (C=O) groups is 1. The molecule has 0 aromatic heterocycles. The molecule has 0 aliphatic heterocycles. The van der Waals surface area contributed by atoms with Crippen LogP contribution in [-0.4, -0.2) is 57.0 Å². The second-order valence-electron chi connectivity index (χ2n) is 5.94. The Morgan fingerprint density at radius 3 is 2.26 bits per heavy atom. The third-order valence-corrected chi connectivity index (χ3v) is 3.82. The van der Waals surface area contributed by atoms with E-state index in [-0.39, 0.29) is 5.91 Å². The molecule has 2 aromatic rings. The smallest absolute Gasteiger partial charge is 0.253 e. The van der Waals surface area contributed by atoms with Crippen LogP contribution in [0.15, 0.2) is 48.5 Å². The second kappa shape index (κ2) is 7.79. The molecule has 0 spiro atoms. The lowest BCUT2D eigenvalue weighted by Crippen LogP contribution is -2.33. The minimum absolute atomic E-state index is 0.0541. The molecule has 2 rings (SSSR count). The highest BCUT2D eigenvalue weighted by Gasteiger charge is 2.12. The fourth-order valence-corrected chi connectivity index (χ4v) is 2.36. The molecule has 2 aromatic carbocycles. The summed E-state index contributed by atoms with van der Waals surface area (Å²) >= 11 is 0. The predicted octanol–water partition coefficient (Wildman–Crippen LogP) is 3.03. The monoisotopic (exact) mass is 311 g/mol. The zero-order valence-electron chi connectivity index (χ0n) is 14.3. The maximum absolute atomic E-state index is 12.6. The van der Waals surface area contributed by atoms with Gasteiger partial charge in [0.15, 0.2) is 0 Å². The van der Waals surface area contributed by atoms with E-state index in [2.05, 4.69) is 22.3 Å². The number of likely N-dealkylation sites (N-methyl/N-ethyl adjacent to an activating group) is 2. The summed E-state index contributed by atoms with van der Waals surface area (Å²) in [6, 6.07) is 16.0. The van der Waals surface area contributed by atoms with E-state index in [1.54, 1.807) is 4.90 Å². The highest BCUT2D eigenvalue weighted by atomic mass is 16.2. The van der Waals surface area contributed by atoms with Gasteiger partial charge in [-0.05, 0) is 49.5 Å². The Labute approximate surface area is 138 Å². The van der Waals surface area contributed by atoms with E-state index < -0.39 is 0 Å². The van der Waals surface area contributed by atoms with Crippen LogP contribution in [0.25, 0.3) is 11.1 Å². The first-order valence-corrected chi connectivity index (χ1v) is 7.79. The van der Waals surface area contributed by atoms with E-state index in [1.807, 2.05) is 64.6 Å². The Hall–Kier alpha value is -2.33. The molecule has 1 N–H and O–H groups in total.